The van der Waals surface area contributed by atoms with Gasteiger partial charge in [-0.25, -0.2) is 13.2 Å². The van der Waals surface area contributed by atoms with Gasteiger partial charge < -0.3 is 5.11 Å². The van der Waals surface area contributed by atoms with Crippen LogP contribution in [0.3, 0.4) is 0 Å². The summed E-state index contributed by atoms with van der Waals surface area (Å²) in [5, 5.41) is 8.88. The van der Waals surface area contributed by atoms with Gasteiger partial charge in [0, 0.05) is 10.2 Å². The highest BCUT2D eigenvalue weighted by molar-refractivity contribution is 9.10. The number of anilines is 1. The van der Waals surface area contributed by atoms with Crippen LogP contribution in [0.25, 0.3) is 0 Å². The van der Waals surface area contributed by atoms with Gasteiger partial charge >= 0.3 is 5.97 Å². The molecule has 0 bridgehead atoms. The minimum atomic E-state index is -3.82. The molecule has 2 N–H and O–H groups in total. The molecule has 0 unspecified atom stereocenters. The smallest absolute Gasteiger partial charge is 0.335 e. The average Bonchev–Trinajstić information content (AvgIpc) is 2.38. The van der Waals surface area contributed by atoms with Crippen LogP contribution in [-0.4, -0.2) is 19.5 Å². The number of halogens is 1. The predicted molar refractivity (Wildman–Crippen MR) is 78.4 cm³/mol. The van der Waals surface area contributed by atoms with Crippen LogP contribution in [0.5, 0.6) is 0 Å². The van der Waals surface area contributed by atoms with Crippen molar-refractivity contribution in [2.24, 2.45) is 0 Å². The number of sulfonamides is 1. The summed E-state index contributed by atoms with van der Waals surface area (Å²) >= 11 is 3.24. The van der Waals surface area contributed by atoms with Crippen LogP contribution < -0.4 is 4.72 Å². The van der Waals surface area contributed by atoms with Crippen LogP contribution in [0, 0.1) is 0 Å². The summed E-state index contributed by atoms with van der Waals surface area (Å²) in [6.07, 6.45) is 0. The van der Waals surface area contributed by atoms with Crippen molar-refractivity contribution < 1.29 is 18.3 Å². The average molecular weight is 356 g/mol. The molecule has 0 amide bonds. The fourth-order valence-electron chi connectivity index (χ4n) is 1.56. The molecule has 0 aromatic heterocycles. The second-order valence-corrected chi connectivity index (χ2v) is 6.55. The van der Waals surface area contributed by atoms with Crippen molar-refractivity contribution in [3.63, 3.8) is 0 Å². The van der Waals surface area contributed by atoms with Crippen molar-refractivity contribution in [3.8, 4) is 0 Å². The Morgan fingerprint density at radius 2 is 1.80 bits per heavy atom. The summed E-state index contributed by atoms with van der Waals surface area (Å²) in [6.45, 7) is 0. The summed E-state index contributed by atoms with van der Waals surface area (Å²) in [4.78, 5) is 10.8. The molecule has 104 valence electrons. The largest absolute Gasteiger partial charge is 0.478 e. The second kappa shape index (κ2) is 5.64. The molecule has 0 aliphatic heterocycles. The Hall–Kier alpha value is -1.86. The number of hydrogen-bond acceptors (Lipinski definition) is 3. The molecule has 0 radical (unpaired) electrons. The number of carboxylic acid groups (broad SMARTS) is 1. The van der Waals surface area contributed by atoms with E-state index in [0.717, 1.165) is 10.5 Å². The maximum Gasteiger partial charge on any atom is 0.335 e. The third kappa shape index (κ3) is 3.37. The molecule has 0 aliphatic carbocycles. The van der Waals surface area contributed by atoms with E-state index in [-0.39, 0.29) is 10.5 Å². The molecular formula is C13H10BrNO4S. The lowest BCUT2D eigenvalue weighted by atomic mass is 10.2. The zero-order chi connectivity index (χ0) is 14.8. The van der Waals surface area contributed by atoms with Gasteiger partial charge in [0.2, 0.25) is 0 Å². The van der Waals surface area contributed by atoms with Crippen LogP contribution >= 0.6 is 15.9 Å². The van der Waals surface area contributed by atoms with Crippen LogP contribution in [0.15, 0.2) is 57.9 Å². The van der Waals surface area contributed by atoms with E-state index < -0.39 is 16.0 Å². The fraction of sp³-hybridized carbons (Fsp3) is 0. The molecule has 2 aromatic carbocycles. The lowest BCUT2D eigenvalue weighted by Crippen LogP contribution is -2.13. The van der Waals surface area contributed by atoms with Crippen molar-refractivity contribution >= 4 is 37.6 Å². The first-order chi connectivity index (χ1) is 9.38. The number of aromatic carboxylic acids is 1. The minimum Gasteiger partial charge on any atom is -0.478 e. The molecule has 20 heavy (non-hydrogen) atoms. The van der Waals surface area contributed by atoms with E-state index in [1.165, 1.54) is 18.2 Å². The van der Waals surface area contributed by atoms with Gasteiger partial charge in [0.1, 0.15) is 0 Å². The Balaban J connectivity index is 2.35. The molecular weight excluding hydrogens is 346 g/mol. The molecule has 0 saturated heterocycles. The topological polar surface area (TPSA) is 83.5 Å². The molecule has 0 fully saturated rings. The lowest BCUT2D eigenvalue weighted by Gasteiger charge is -2.08. The quantitative estimate of drug-likeness (QED) is 0.882. The van der Waals surface area contributed by atoms with Crippen molar-refractivity contribution in [2.75, 3.05) is 4.72 Å². The van der Waals surface area contributed by atoms with E-state index >= 15 is 0 Å². The van der Waals surface area contributed by atoms with Crippen LogP contribution in [0.2, 0.25) is 0 Å². The number of benzene rings is 2. The first-order valence-electron chi connectivity index (χ1n) is 5.50. The van der Waals surface area contributed by atoms with Crippen molar-refractivity contribution in [1.29, 1.82) is 0 Å². The highest BCUT2D eigenvalue weighted by Gasteiger charge is 2.16. The Labute approximate surface area is 124 Å². The zero-order valence-electron chi connectivity index (χ0n) is 10.1. The van der Waals surface area contributed by atoms with Gasteiger partial charge in [-0.15, -0.1) is 0 Å². The summed E-state index contributed by atoms with van der Waals surface area (Å²) in [6, 6.07) is 11.8. The van der Waals surface area contributed by atoms with Crippen molar-refractivity contribution in [1.82, 2.24) is 0 Å². The molecule has 0 aliphatic rings. The van der Waals surface area contributed by atoms with Gasteiger partial charge in [0.25, 0.3) is 10.0 Å². The van der Waals surface area contributed by atoms with Gasteiger partial charge in [0.15, 0.2) is 0 Å². The fourth-order valence-corrected chi connectivity index (χ4v) is 3.06. The Morgan fingerprint density at radius 3 is 2.45 bits per heavy atom. The highest BCUT2D eigenvalue weighted by atomic mass is 79.9. The van der Waals surface area contributed by atoms with E-state index in [2.05, 4.69) is 20.7 Å². The zero-order valence-corrected chi connectivity index (χ0v) is 12.5. The molecule has 2 aromatic rings. The normalized spacial score (nSPS) is 11.1. The minimum absolute atomic E-state index is 0.0814. The summed E-state index contributed by atoms with van der Waals surface area (Å²) in [5.74, 6) is -1.18. The highest BCUT2D eigenvalue weighted by Crippen LogP contribution is 2.20. The molecule has 0 heterocycles. The van der Waals surface area contributed by atoms with Gasteiger partial charge in [-0.3, -0.25) is 4.72 Å². The van der Waals surface area contributed by atoms with Gasteiger partial charge in [0.05, 0.1) is 10.5 Å². The SMILES string of the molecule is O=C(O)c1cccc(S(=O)(=O)Nc2cccc(Br)c2)c1. The Morgan fingerprint density at radius 1 is 1.10 bits per heavy atom. The second-order valence-electron chi connectivity index (χ2n) is 3.95. The van der Waals surface area contributed by atoms with Gasteiger partial charge in [-0.05, 0) is 36.4 Å². The predicted octanol–water partition coefficient (Wildman–Crippen LogP) is 2.95. The van der Waals surface area contributed by atoms with Crippen molar-refractivity contribution in [3.05, 3.63) is 58.6 Å². The molecule has 0 saturated carbocycles. The lowest BCUT2D eigenvalue weighted by molar-refractivity contribution is 0.0696. The summed E-state index contributed by atoms with van der Waals surface area (Å²) in [5.41, 5.74) is 0.308. The van der Waals surface area contributed by atoms with Crippen LogP contribution in [-0.2, 0) is 10.0 Å². The molecule has 7 heteroatoms. The van der Waals surface area contributed by atoms with Gasteiger partial charge in [-0.2, -0.15) is 0 Å². The van der Waals surface area contributed by atoms with E-state index in [4.69, 9.17) is 5.11 Å². The summed E-state index contributed by atoms with van der Waals surface area (Å²) < 4.78 is 27.5. The molecule has 2 rings (SSSR count). The van der Waals surface area contributed by atoms with E-state index in [9.17, 15) is 13.2 Å². The third-order valence-electron chi connectivity index (χ3n) is 2.47. The monoisotopic (exact) mass is 355 g/mol. The Kier molecular flexibility index (Phi) is 4.10. The van der Waals surface area contributed by atoms with Crippen molar-refractivity contribution in [2.45, 2.75) is 4.90 Å². The van der Waals surface area contributed by atoms with E-state index in [1.54, 1.807) is 24.3 Å². The summed E-state index contributed by atoms with van der Waals surface area (Å²) in [7, 11) is -3.82. The Bertz CT molecular complexity index is 758. The van der Waals surface area contributed by atoms with Crippen LogP contribution in [0.4, 0.5) is 5.69 Å². The standard InChI is InChI=1S/C13H10BrNO4S/c14-10-4-2-5-11(8-10)15-20(18,19)12-6-1-3-9(7-12)13(16)17/h1-8,15H,(H,16,17). The number of carbonyl (C=O) groups is 1. The number of carboxylic acids is 1. The van der Waals surface area contributed by atoms with E-state index in [0.29, 0.717) is 5.69 Å². The van der Waals surface area contributed by atoms with Gasteiger partial charge in [-0.1, -0.05) is 28.1 Å². The maximum atomic E-state index is 12.2. The van der Waals surface area contributed by atoms with E-state index in [1.807, 2.05) is 0 Å². The number of hydrogen-bond donors (Lipinski definition) is 2. The molecule has 0 atom stereocenters. The first-order valence-corrected chi connectivity index (χ1v) is 7.78. The molecule has 5 nitrogen and oxygen atoms in total. The first kappa shape index (κ1) is 14.5. The number of rotatable bonds is 4. The molecule has 0 spiro atoms. The third-order valence-corrected chi connectivity index (χ3v) is 4.34. The van der Waals surface area contributed by atoms with Crippen LogP contribution in [0.1, 0.15) is 10.4 Å². The number of nitrogens with one attached hydrogen (secondary N) is 1. The maximum absolute atomic E-state index is 12.2.